The quantitative estimate of drug-likeness (QED) is 0.347. The maximum Gasteiger partial charge on any atom is 0.245 e. The lowest BCUT2D eigenvalue weighted by Crippen LogP contribution is -2.38. The standard InChI is InChI=1S/C26H26N4O4S2/c1-2-34-20-13-14-22-23(17-20)28-26(27-22)35-18-24(31)29-15-16-30(25(29)19-9-5-3-6-10-19)36(32,33)21-11-7-4-8-12-21/h3-14,17,25H,2,15-16,18H2,1H3,(H,27,28)/t25-/m1/s1. The van der Waals surface area contributed by atoms with Crippen LogP contribution in [0.1, 0.15) is 18.7 Å². The lowest BCUT2D eigenvalue weighted by atomic mass is 10.1. The van der Waals surface area contributed by atoms with E-state index in [0.29, 0.717) is 18.3 Å². The van der Waals surface area contributed by atoms with E-state index in [4.69, 9.17) is 4.74 Å². The summed E-state index contributed by atoms with van der Waals surface area (Å²) in [5.74, 6) is 0.722. The summed E-state index contributed by atoms with van der Waals surface area (Å²) in [4.78, 5) is 23.0. The van der Waals surface area contributed by atoms with Crippen LogP contribution in [0.4, 0.5) is 0 Å². The van der Waals surface area contributed by atoms with Gasteiger partial charge in [0.1, 0.15) is 11.9 Å². The van der Waals surface area contributed by atoms with Gasteiger partial charge in [-0.2, -0.15) is 4.31 Å². The Balaban J connectivity index is 1.37. The van der Waals surface area contributed by atoms with Crippen LogP contribution >= 0.6 is 11.8 Å². The number of rotatable bonds is 8. The molecule has 4 aromatic rings. The molecule has 2 heterocycles. The molecule has 1 aromatic heterocycles. The van der Waals surface area contributed by atoms with E-state index in [1.807, 2.05) is 55.5 Å². The van der Waals surface area contributed by atoms with Crippen LogP contribution in [0.25, 0.3) is 11.0 Å². The Hall–Kier alpha value is -3.34. The van der Waals surface area contributed by atoms with Gasteiger partial charge in [0, 0.05) is 19.2 Å². The third-order valence-corrected chi connectivity index (χ3v) is 8.70. The van der Waals surface area contributed by atoms with Gasteiger partial charge in [-0.05, 0) is 36.8 Å². The second-order valence-corrected chi connectivity index (χ2v) is 11.1. The first-order valence-corrected chi connectivity index (χ1v) is 14.1. The highest BCUT2D eigenvalue weighted by Gasteiger charge is 2.43. The van der Waals surface area contributed by atoms with Crippen molar-refractivity contribution in [3.8, 4) is 5.75 Å². The van der Waals surface area contributed by atoms with E-state index in [2.05, 4.69) is 9.97 Å². The van der Waals surface area contributed by atoms with Crippen molar-refractivity contribution < 1.29 is 17.9 Å². The molecule has 0 radical (unpaired) electrons. The van der Waals surface area contributed by atoms with Gasteiger partial charge in [-0.25, -0.2) is 13.4 Å². The van der Waals surface area contributed by atoms with Crippen LogP contribution < -0.4 is 4.74 Å². The van der Waals surface area contributed by atoms with Crippen molar-refractivity contribution >= 4 is 38.7 Å². The number of hydrogen-bond donors (Lipinski definition) is 1. The highest BCUT2D eigenvalue weighted by Crippen LogP contribution is 2.35. The molecule has 1 amide bonds. The highest BCUT2D eigenvalue weighted by atomic mass is 32.2. The number of fused-ring (bicyclic) bond motifs is 1. The molecule has 5 rings (SSSR count). The zero-order valence-corrected chi connectivity index (χ0v) is 21.3. The molecule has 186 valence electrons. The van der Waals surface area contributed by atoms with Gasteiger partial charge >= 0.3 is 0 Å². The van der Waals surface area contributed by atoms with E-state index in [-0.39, 0.29) is 23.1 Å². The van der Waals surface area contributed by atoms with E-state index >= 15 is 0 Å². The number of aromatic nitrogens is 2. The summed E-state index contributed by atoms with van der Waals surface area (Å²) in [5.41, 5.74) is 2.37. The molecule has 3 aromatic carbocycles. The fraction of sp³-hybridized carbons (Fsp3) is 0.231. The molecule has 8 nitrogen and oxygen atoms in total. The number of carbonyl (C=O) groups is 1. The van der Waals surface area contributed by atoms with Gasteiger partial charge in [-0.1, -0.05) is 60.3 Å². The SMILES string of the molecule is CCOc1ccc2nc(SCC(=O)N3CCN(S(=O)(=O)c4ccccc4)[C@@H]3c3ccccc3)[nH]c2c1. The molecule has 0 aliphatic carbocycles. The highest BCUT2D eigenvalue weighted by molar-refractivity contribution is 7.99. The number of carbonyl (C=O) groups excluding carboxylic acids is 1. The van der Waals surface area contributed by atoms with E-state index in [1.165, 1.54) is 16.1 Å². The third kappa shape index (κ3) is 4.84. The molecular formula is C26H26N4O4S2. The normalized spacial score (nSPS) is 16.5. The molecule has 1 atom stereocenters. The Morgan fingerprint density at radius 1 is 1.06 bits per heavy atom. The van der Waals surface area contributed by atoms with Gasteiger partial charge in [0.15, 0.2) is 5.16 Å². The first-order valence-electron chi connectivity index (χ1n) is 11.6. The Bertz CT molecular complexity index is 1460. The minimum absolute atomic E-state index is 0.126. The number of aromatic amines is 1. The predicted molar refractivity (Wildman–Crippen MR) is 139 cm³/mol. The van der Waals surface area contributed by atoms with Crippen LogP contribution in [0, 0.1) is 0 Å². The van der Waals surface area contributed by atoms with Crippen molar-refractivity contribution in [3.63, 3.8) is 0 Å². The molecule has 1 saturated heterocycles. The fourth-order valence-corrected chi connectivity index (χ4v) is 6.68. The molecule has 0 unspecified atom stereocenters. The van der Waals surface area contributed by atoms with Crippen LogP contribution in [0.3, 0.4) is 0 Å². The number of benzene rings is 3. The van der Waals surface area contributed by atoms with Crippen molar-refractivity contribution in [3.05, 3.63) is 84.4 Å². The summed E-state index contributed by atoms with van der Waals surface area (Å²) >= 11 is 1.30. The van der Waals surface area contributed by atoms with E-state index in [1.54, 1.807) is 35.2 Å². The van der Waals surface area contributed by atoms with Gasteiger partial charge in [0.25, 0.3) is 0 Å². The number of amides is 1. The summed E-state index contributed by atoms with van der Waals surface area (Å²) < 4.78 is 33.9. The van der Waals surface area contributed by atoms with Crippen molar-refractivity contribution in [1.29, 1.82) is 0 Å². The molecule has 1 fully saturated rings. The Morgan fingerprint density at radius 3 is 2.50 bits per heavy atom. The van der Waals surface area contributed by atoms with Crippen molar-refractivity contribution in [1.82, 2.24) is 19.2 Å². The molecule has 36 heavy (non-hydrogen) atoms. The number of thioether (sulfide) groups is 1. The number of nitrogens with zero attached hydrogens (tertiary/aromatic N) is 3. The van der Waals surface area contributed by atoms with Crippen LogP contribution in [-0.4, -0.2) is 58.9 Å². The summed E-state index contributed by atoms with van der Waals surface area (Å²) in [7, 11) is -3.79. The van der Waals surface area contributed by atoms with E-state index in [9.17, 15) is 13.2 Å². The maximum absolute atomic E-state index is 13.5. The third-order valence-electron chi connectivity index (χ3n) is 5.97. The van der Waals surface area contributed by atoms with Crippen molar-refractivity contribution in [2.75, 3.05) is 25.4 Å². The summed E-state index contributed by atoms with van der Waals surface area (Å²) in [6.07, 6.45) is -0.714. The smallest absolute Gasteiger partial charge is 0.245 e. The number of hydrogen-bond acceptors (Lipinski definition) is 6. The van der Waals surface area contributed by atoms with Crippen LogP contribution in [0.15, 0.2) is 88.9 Å². The minimum Gasteiger partial charge on any atom is -0.494 e. The molecule has 1 aliphatic rings. The topological polar surface area (TPSA) is 95.6 Å². The predicted octanol–water partition coefficient (Wildman–Crippen LogP) is 4.29. The lowest BCUT2D eigenvalue weighted by molar-refractivity contribution is -0.130. The van der Waals surface area contributed by atoms with Crippen molar-refractivity contribution in [2.24, 2.45) is 0 Å². The summed E-state index contributed by atoms with van der Waals surface area (Å²) in [5, 5.41) is 0.621. The first kappa shape index (κ1) is 24.4. The molecule has 1 N–H and O–H groups in total. The number of sulfonamides is 1. The molecule has 0 spiro atoms. The number of H-pyrrole nitrogens is 1. The fourth-order valence-electron chi connectivity index (χ4n) is 4.32. The average Bonchev–Trinajstić information content (AvgIpc) is 3.53. The summed E-state index contributed by atoms with van der Waals surface area (Å²) in [6.45, 7) is 3.03. The zero-order chi connectivity index (χ0) is 25.1. The number of nitrogens with one attached hydrogen (secondary N) is 1. The van der Waals surface area contributed by atoms with Crippen molar-refractivity contribution in [2.45, 2.75) is 23.1 Å². The Labute approximate surface area is 214 Å². The first-order chi connectivity index (χ1) is 17.5. The van der Waals surface area contributed by atoms with Gasteiger partial charge in [-0.3, -0.25) is 4.79 Å². The van der Waals surface area contributed by atoms with Crippen LogP contribution in [0.2, 0.25) is 0 Å². The van der Waals surface area contributed by atoms with E-state index < -0.39 is 16.2 Å². The van der Waals surface area contributed by atoms with Gasteiger partial charge in [-0.15, -0.1) is 0 Å². The largest absolute Gasteiger partial charge is 0.494 e. The molecule has 1 aliphatic heterocycles. The molecular weight excluding hydrogens is 496 g/mol. The number of imidazole rings is 1. The Kier molecular flexibility index (Phi) is 6.99. The minimum atomic E-state index is -3.79. The van der Waals surface area contributed by atoms with Crippen LogP contribution in [-0.2, 0) is 14.8 Å². The molecule has 10 heteroatoms. The van der Waals surface area contributed by atoms with Crippen LogP contribution in [0.5, 0.6) is 5.75 Å². The lowest BCUT2D eigenvalue weighted by Gasteiger charge is -2.30. The monoisotopic (exact) mass is 522 g/mol. The Morgan fingerprint density at radius 2 is 1.78 bits per heavy atom. The summed E-state index contributed by atoms with van der Waals surface area (Å²) in [6, 6.07) is 23.2. The maximum atomic E-state index is 13.5. The van der Waals surface area contributed by atoms with Gasteiger partial charge in [0.05, 0.1) is 28.3 Å². The zero-order valence-electron chi connectivity index (χ0n) is 19.7. The number of ether oxygens (including phenoxy) is 1. The van der Waals surface area contributed by atoms with E-state index in [0.717, 1.165) is 22.3 Å². The second-order valence-electron chi connectivity index (χ2n) is 8.24. The molecule has 0 saturated carbocycles. The van der Waals surface area contributed by atoms with Gasteiger partial charge in [0.2, 0.25) is 15.9 Å². The second kappa shape index (κ2) is 10.3. The van der Waals surface area contributed by atoms with Gasteiger partial charge < -0.3 is 14.6 Å². The average molecular weight is 523 g/mol. The molecule has 0 bridgehead atoms.